The van der Waals surface area contributed by atoms with Gasteiger partial charge in [0.1, 0.15) is 0 Å². The first-order chi connectivity index (χ1) is 9.16. The summed E-state index contributed by atoms with van der Waals surface area (Å²) in [6, 6.07) is 7.16. The number of furan rings is 1. The van der Waals surface area contributed by atoms with Crippen LogP contribution < -0.4 is 5.73 Å². The molecule has 0 aliphatic carbocycles. The van der Waals surface area contributed by atoms with E-state index in [2.05, 4.69) is 10.2 Å². The van der Waals surface area contributed by atoms with Gasteiger partial charge in [0.25, 0.3) is 0 Å². The fraction of sp³-hybridized carbons (Fsp3) is 0. The summed E-state index contributed by atoms with van der Waals surface area (Å²) in [7, 11) is 0. The molecule has 4 nitrogen and oxygen atoms in total. The van der Waals surface area contributed by atoms with Crippen LogP contribution in [0, 0.1) is 0 Å². The van der Waals surface area contributed by atoms with Gasteiger partial charge in [0, 0.05) is 5.56 Å². The molecule has 2 aromatic heterocycles. The van der Waals surface area contributed by atoms with Crippen molar-refractivity contribution < 1.29 is 4.42 Å². The number of hydrogen-bond acceptors (Lipinski definition) is 3. The number of hydrogen-bond donors (Lipinski definition) is 2. The lowest BCUT2D eigenvalue weighted by Gasteiger charge is -2.04. The van der Waals surface area contributed by atoms with E-state index in [4.69, 9.17) is 33.4 Å². The van der Waals surface area contributed by atoms with Crippen molar-refractivity contribution in [3.05, 3.63) is 46.8 Å². The highest BCUT2D eigenvalue weighted by molar-refractivity contribution is 6.42. The lowest BCUT2D eigenvalue weighted by Crippen LogP contribution is -1.88. The van der Waals surface area contributed by atoms with Crippen LogP contribution in [0.2, 0.25) is 10.0 Å². The number of aromatic amines is 1. The average molecular weight is 294 g/mol. The summed E-state index contributed by atoms with van der Waals surface area (Å²) < 4.78 is 5.08. The third kappa shape index (κ3) is 2.09. The Bertz CT molecular complexity index is 720. The molecule has 2 heterocycles. The summed E-state index contributed by atoms with van der Waals surface area (Å²) >= 11 is 12.0. The number of H-pyrrole nitrogens is 1. The van der Waals surface area contributed by atoms with Gasteiger partial charge in [-0.25, -0.2) is 0 Å². The van der Waals surface area contributed by atoms with E-state index in [-0.39, 0.29) is 0 Å². The van der Waals surface area contributed by atoms with E-state index in [1.807, 2.05) is 12.1 Å². The normalized spacial score (nSPS) is 10.8. The lowest BCUT2D eigenvalue weighted by atomic mass is 10.0. The van der Waals surface area contributed by atoms with Gasteiger partial charge in [-0.3, -0.25) is 5.10 Å². The second kappa shape index (κ2) is 4.64. The molecule has 6 heteroatoms. The number of aromatic nitrogens is 2. The maximum Gasteiger partial charge on any atom is 0.153 e. The number of anilines is 1. The van der Waals surface area contributed by atoms with Gasteiger partial charge in [-0.2, -0.15) is 5.10 Å². The zero-order chi connectivity index (χ0) is 13.4. The molecule has 0 aliphatic rings. The standard InChI is InChI=1S/C13H9Cl2N3O/c14-9-2-1-7(5-10(9)15)11-12(17-18-13(11)16)8-3-4-19-6-8/h1-6H,(H3,16,17,18). The van der Waals surface area contributed by atoms with Crippen molar-refractivity contribution in [3.63, 3.8) is 0 Å². The van der Waals surface area contributed by atoms with E-state index >= 15 is 0 Å². The first-order valence-corrected chi connectivity index (χ1v) is 6.24. The summed E-state index contributed by atoms with van der Waals surface area (Å²) in [6.45, 7) is 0. The molecule has 19 heavy (non-hydrogen) atoms. The van der Waals surface area contributed by atoms with Gasteiger partial charge >= 0.3 is 0 Å². The second-order valence-corrected chi connectivity index (χ2v) is 4.81. The Hall–Kier alpha value is -1.91. The summed E-state index contributed by atoms with van der Waals surface area (Å²) in [6.07, 6.45) is 3.21. The third-order valence-corrected chi connectivity index (χ3v) is 3.55. The molecule has 96 valence electrons. The fourth-order valence-corrected chi connectivity index (χ4v) is 2.21. The Kier molecular flexibility index (Phi) is 2.97. The van der Waals surface area contributed by atoms with Crippen LogP contribution in [0.15, 0.2) is 41.2 Å². The molecule has 0 spiro atoms. The predicted octanol–water partition coefficient (Wildman–Crippen LogP) is 4.23. The van der Waals surface area contributed by atoms with Crippen molar-refractivity contribution in [2.45, 2.75) is 0 Å². The van der Waals surface area contributed by atoms with Crippen molar-refractivity contribution in [2.75, 3.05) is 5.73 Å². The highest BCUT2D eigenvalue weighted by Gasteiger charge is 2.16. The fourth-order valence-electron chi connectivity index (χ4n) is 1.92. The first-order valence-electron chi connectivity index (χ1n) is 5.48. The molecule has 0 amide bonds. The van der Waals surface area contributed by atoms with Crippen LogP contribution in [0.25, 0.3) is 22.4 Å². The monoisotopic (exact) mass is 293 g/mol. The number of halogens is 2. The van der Waals surface area contributed by atoms with Gasteiger partial charge in [-0.1, -0.05) is 29.3 Å². The zero-order valence-electron chi connectivity index (χ0n) is 9.65. The van der Waals surface area contributed by atoms with E-state index in [0.717, 1.165) is 22.4 Å². The number of nitrogens with one attached hydrogen (secondary N) is 1. The molecule has 0 radical (unpaired) electrons. The van der Waals surface area contributed by atoms with Gasteiger partial charge in [0.2, 0.25) is 0 Å². The number of nitrogen functional groups attached to an aromatic ring is 1. The molecule has 0 saturated heterocycles. The van der Waals surface area contributed by atoms with Crippen LogP contribution in [0.5, 0.6) is 0 Å². The second-order valence-electron chi connectivity index (χ2n) is 4.00. The molecule has 3 rings (SSSR count). The van der Waals surface area contributed by atoms with Crippen LogP contribution in [0.4, 0.5) is 5.82 Å². The molecular formula is C13H9Cl2N3O. The third-order valence-electron chi connectivity index (χ3n) is 2.81. The number of nitrogens with zero attached hydrogens (tertiary/aromatic N) is 1. The first kappa shape index (κ1) is 12.1. The molecule has 0 atom stereocenters. The molecule has 0 bridgehead atoms. The largest absolute Gasteiger partial charge is 0.472 e. The van der Waals surface area contributed by atoms with Gasteiger partial charge in [0.15, 0.2) is 5.82 Å². The van der Waals surface area contributed by atoms with E-state index in [9.17, 15) is 0 Å². The number of rotatable bonds is 2. The Morgan fingerprint density at radius 3 is 2.63 bits per heavy atom. The van der Waals surface area contributed by atoms with E-state index in [0.29, 0.717) is 15.9 Å². The van der Waals surface area contributed by atoms with Crippen LogP contribution in [0.1, 0.15) is 0 Å². The van der Waals surface area contributed by atoms with Crippen molar-refractivity contribution in [3.8, 4) is 22.4 Å². The molecule has 3 N–H and O–H groups in total. The molecule has 3 aromatic rings. The average Bonchev–Trinajstić information content (AvgIpc) is 3.01. The van der Waals surface area contributed by atoms with E-state index in [1.54, 1.807) is 24.7 Å². The minimum absolute atomic E-state index is 0.398. The highest BCUT2D eigenvalue weighted by atomic mass is 35.5. The van der Waals surface area contributed by atoms with Crippen LogP contribution in [0.3, 0.4) is 0 Å². The molecule has 0 aliphatic heterocycles. The topological polar surface area (TPSA) is 67.8 Å². The highest BCUT2D eigenvalue weighted by Crippen LogP contribution is 2.37. The Morgan fingerprint density at radius 2 is 1.95 bits per heavy atom. The number of nitrogens with two attached hydrogens (primary N) is 1. The van der Waals surface area contributed by atoms with Crippen LogP contribution >= 0.6 is 23.2 Å². The molecular weight excluding hydrogens is 285 g/mol. The molecule has 0 fully saturated rings. The van der Waals surface area contributed by atoms with Gasteiger partial charge < -0.3 is 10.2 Å². The van der Waals surface area contributed by atoms with Gasteiger partial charge in [0.05, 0.1) is 33.8 Å². The quantitative estimate of drug-likeness (QED) is 0.743. The van der Waals surface area contributed by atoms with Gasteiger partial charge in [-0.05, 0) is 23.8 Å². The predicted molar refractivity (Wildman–Crippen MR) is 76.2 cm³/mol. The molecule has 1 aromatic carbocycles. The van der Waals surface area contributed by atoms with E-state index in [1.165, 1.54) is 0 Å². The van der Waals surface area contributed by atoms with Crippen LogP contribution in [-0.2, 0) is 0 Å². The van der Waals surface area contributed by atoms with Crippen molar-refractivity contribution in [1.82, 2.24) is 10.2 Å². The summed E-state index contributed by atoms with van der Waals surface area (Å²) in [4.78, 5) is 0. The summed E-state index contributed by atoms with van der Waals surface area (Å²) in [5.74, 6) is 0.398. The van der Waals surface area contributed by atoms with E-state index < -0.39 is 0 Å². The SMILES string of the molecule is Nc1n[nH]c(-c2ccoc2)c1-c1ccc(Cl)c(Cl)c1. The number of benzene rings is 1. The smallest absolute Gasteiger partial charge is 0.153 e. The van der Waals surface area contributed by atoms with Crippen molar-refractivity contribution in [2.24, 2.45) is 0 Å². The maximum absolute atomic E-state index is 6.04. The minimum Gasteiger partial charge on any atom is -0.472 e. The summed E-state index contributed by atoms with van der Waals surface area (Å²) in [5.41, 5.74) is 9.19. The maximum atomic E-state index is 6.04. The van der Waals surface area contributed by atoms with Crippen LogP contribution in [-0.4, -0.2) is 10.2 Å². The summed E-state index contributed by atoms with van der Waals surface area (Å²) in [5, 5.41) is 7.90. The lowest BCUT2D eigenvalue weighted by molar-refractivity contribution is 0.568. The Labute approximate surface area is 119 Å². The molecule has 0 unspecified atom stereocenters. The van der Waals surface area contributed by atoms with Gasteiger partial charge in [-0.15, -0.1) is 0 Å². The minimum atomic E-state index is 0.398. The Balaban J connectivity index is 2.19. The Morgan fingerprint density at radius 1 is 1.11 bits per heavy atom. The van der Waals surface area contributed by atoms with Crippen molar-refractivity contribution in [1.29, 1.82) is 0 Å². The van der Waals surface area contributed by atoms with Crippen molar-refractivity contribution >= 4 is 29.0 Å². The molecule has 0 saturated carbocycles. The zero-order valence-corrected chi connectivity index (χ0v) is 11.2.